The van der Waals surface area contributed by atoms with E-state index in [9.17, 15) is 9.59 Å². The minimum Gasteiger partial charge on any atom is -0.369 e. The Morgan fingerprint density at radius 1 is 1.25 bits per heavy atom. The Labute approximate surface area is 142 Å². The number of carbonyl (C=O) groups is 2. The van der Waals surface area contributed by atoms with E-state index in [0.29, 0.717) is 6.54 Å². The molecule has 5 nitrogen and oxygen atoms in total. The lowest BCUT2D eigenvalue weighted by molar-refractivity contribution is -0.123. The minimum atomic E-state index is -0.312. The van der Waals surface area contributed by atoms with E-state index in [1.165, 1.54) is 0 Å². The number of aromatic nitrogens is 1. The highest BCUT2D eigenvalue weighted by atomic mass is 16.2. The standard InChI is InChI=1S/C19H25N3O2/c1-3-10-21-12-16(15-6-4-5-7-17(15)21)19(24)22-11-14(18(20)23)9-8-13(22)2/h4-7,12-14H,3,8-11H2,1-2H3,(H2,20,23)/t13-,14-/m0/s1. The maximum Gasteiger partial charge on any atom is 0.256 e. The molecule has 0 bridgehead atoms. The Balaban J connectivity index is 1.97. The number of amides is 2. The first-order chi connectivity index (χ1) is 11.5. The molecule has 1 aliphatic heterocycles. The lowest BCUT2D eigenvalue weighted by Gasteiger charge is -2.36. The van der Waals surface area contributed by atoms with Gasteiger partial charge in [0.05, 0.1) is 11.5 Å². The molecule has 1 aromatic carbocycles. The number of hydrogen-bond acceptors (Lipinski definition) is 2. The van der Waals surface area contributed by atoms with E-state index in [0.717, 1.165) is 42.3 Å². The van der Waals surface area contributed by atoms with Crippen LogP contribution in [0.5, 0.6) is 0 Å². The van der Waals surface area contributed by atoms with Gasteiger partial charge in [-0.2, -0.15) is 0 Å². The van der Waals surface area contributed by atoms with Crippen LogP contribution in [-0.2, 0) is 11.3 Å². The zero-order chi connectivity index (χ0) is 17.3. The summed E-state index contributed by atoms with van der Waals surface area (Å²) in [7, 11) is 0. The lowest BCUT2D eigenvalue weighted by atomic mass is 9.92. The van der Waals surface area contributed by atoms with E-state index in [-0.39, 0.29) is 23.8 Å². The number of piperidine rings is 1. The van der Waals surface area contributed by atoms with E-state index in [4.69, 9.17) is 5.73 Å². The van der Waals surface area contributed by atoms with Crippen molar-refractivity contribution in [3.63, 3.8) is 0 Å². The number of hydrogen-bond donors (Lipinski definition) is 1. The largest absolute Gasteiger partial charge is 0.369 e. The zero-order valence-corrected chi connectivity index (χ0v) is 14.4. The first-order valence-corrected chi connectivity index (χ1v) is 8.71. The normalized spacial score (nSPS) is 21.2. The van der Waals surface area contributed by atoms with Crippen LogP contribution in [-0.4, -0.2) is 33.9 Å². The Bertz CT molecular complexity index is 765. The third-order valence-corrected chi connectivity index (χ3v) is 5.03. The predicted molar refractivity (Wildman–Crippen MR) is 94.6 cm³/mol. The van der Waals surface area contributed by atoms with Gasteiger partial charge in [0.15, 0.2) is 0 Å². The molecule has 0 aliphatic carbocycles. The smallest absolute Gasteiger partial charge is 0.256 e. The second-order valence-corrected chi connectivity index (χ2v) is 6.74. The van der Waals surface area contributed by atoms with E-state index >= 15 is 0 Å². The van der Waals surface area contributed by atoms with Crippen LogP contribution in [0.4, 0.5) is 0 Å². The number of aryl methyl sites for hydroxylation is 1. The third kappa shape index (κ3) is 2.90. The monoisotopic (exact) mass is 327 g/mol. The second kappa shape index (κ2) is 6.67. The molecular formula is C19H25N3O2. The van der Waals surface area contributed by atoms with Gasteiger partial charge in [-0.05, 0) is 32.3 Å². The van der Waals surface area contributed by atoms with Crippen LogP contribution in [0.3, 0.4) is 0 Å². The van der Waals surface area contributed by atoms with Crippen molar-refractivity contribution < 1.29 is 9.59 Å². The van der Waals surface area contributed by atoms with Crippen molar-refractivity contribution >= 4 is 22.7 Å². The van der Waals surface area contributed by atoms with Crippen LogP contribution in [0.15, 0.2) is 30.5 Å². The fraction of sp³-hybridized carbons (Fsp3) is 0.474. The third-order valence-electron chi connectivity index (χ3n) is 5.03. The molecule has 2 heterocycles. The molecule has 0 radical (unpaired) electrons. The number of benzene rings is 1. The molecule has 5 heteroatoms. The molecule has 0 unspecified atom stereocenters. The summed E-state index contributed by atoms with van der Waals surface area (Å²) >= 11 is 0. The molecule has 2 aromatic rings. The summed E-state index contributed by atoms with van der Waals surface area (Å²) in [6, 6.07) is 8.13. The number of rotatable bonds is 4. The van der Waals surface area contributed by atoms with Crippen molar-refractivity contribution in [2.75, 3.05) is 6.54 Å². The van der Waals surface area contributed by atoms with E-state index in [2.05, 4.69) is 11.5 Å². The highest BCUT2D eigenvalue weighted by molar-refractivity contribution is 6.07. The van der Waals surface area contributed by atoms with Crippen molar-refractivity contribution in [3.8, 4) is 0 Å². The van der Waals surface area contributed by atoms with Gasteiger partial charge in [0.25, 0.3) is 5.91 Å². The quantitative estimate of drug-likeness (QED) is 0.938. The average Bonchev–Trinajstić information content (AvgIpc) is 2.94. The summed E-state index contributed by atoms with van der Waals surface area (Å²) in [5.41, 5.74) is 7.27. The number of carbonyl (C=O) groups excluding carboxylic acids is 2. The van der Waals surface area contributed by atoms with Crippen LogP contribution < -0.4 is 5.73 Å². The number of primary amides is 1. The Hall–Kier alpha value is -2.30. The number of nitrogens with zero attached hydrogens (tertiary/aromatic N) is 2. The fourth-order valence-corrected chi connectivity index (χ4v) is 3.62. The molecule has 1 aliphatic rings. The molecule has 1 fully saturated rings. The maximum absolute atomic E-state index is 13.2. The number of fused-ring (bicyclic) bond motifs is 1. The molecule has 0 spiro atoms. The van der Waals surface area contributed by atoms with Crippen LogP contribution in [0.25, 0.3) is 10.9 Å². The summed E-state index contributed by atoms with van der Waals surface area (Å²) in [4.78, 5) is 26.5. The van der Waals surface area contributed by atoms with Gasteiger partial charge in [0, 0.05) is 36.2 Å². The molecule has 2 atom stereocenters. The Morgan fingerprint density at radius 3 is 2.71 bits per heavy atom. The van der Waals surface area contributed by atoms with Crippen molar-refractivity contribution in [2.24, 2.45) is 11.7 Å². The van der Waals surface area contributed by atoms with Gasteiger partial charge in [-0.3, -0.25) is 9.59 Å². The van der Waals surface area contributed by atoms with Gasteiger partial charge in [-0.25, -0.2) is 0 Å². The summed E-state index contributed by atoms with van der Waals surface area (Å²) in [6.45, 7) is 5.47. The average molecular weight is 327 g/mol. The molecule has 1 aromatic heterocycles. The molecule has 1 saturated heterocycles. The highest BCUT2D eigenvalue weighted by Gasteiger charge is 2.33. The topological polar surface area (TPSA) is 68.3 Å². The van der Waals surface area contributed by atoms with E-state index < -0.39 is 0 Å². The van der Waals surface area contributed by atoms with Crippen molar-refractivity contribution in [1.29, 1.82) is 0 Å². The summed E-state index contributed by atoms with van der Waals surface area (Å²) < 4.78 is 2.14. The van der Waals surface area contributed by atoms with Gasteiger partial charge < -0.3 is 15.2 Å². The summed E-state index contributed by atoms with van der Waals surface area (Å²) in [5, 5.41) is 0.976. The van der Waals surface area contributed by atoms with E-state index in [1.54, 1.807) is 0 Å². The van der Waals surface area contributed by atoms with Crippen LogP contribution in [0.1, 0.15) is 43.5 Å². The molecule has 2 amide bonds. The molecule has 128 valence electrons. The van der Waals surface area contributed by atoms with Gasteiger partial charge in [-0.15, -0.1) is 0 Å². The molecule has 24 heavy (non-hydrogen) atoms. The number of nitrogens with two attached hydrogens (primary N) is 1. The van der Waals surface area contributed by atoms with Crippen molar-refractivity contribution in [1.82, 2.24) is 9.47 Å². The van der Waals surface area contributed by atoms with Crippen LogP contribution >= 0.6 is 0 Å². The lowest BCUT2D eigenvalue weighted by Crippen LogP contribution is -2.48. The van der Waals surface area contributed by atoms with Crippen LogP contribution in [0.2, 0.25) is 0 Å². The van der Waals surface area contributed by atoms with Gasteiger partial charge in [0.2, 0.25) is 5.91 Å². The zero-order valence-electron chi connectivity index (χ0n) is 14.4. The molecule has 0 saturated carbocycles. The predicted octanol–water partition coefficient (Wildman–Crippen LogP) is 2.78. The van der Waals surface area contributed by atoms with Crippen LogP contribution in [0, 0.1) is 5.92 Å². The van der Waals surface area contributed by atoms with E-state index in [1.807, 2.05) is 42.3 Å². The molecular weight excluding hydrogens is 302 g/mol. The molecule has 3 rings (SSSR count). The van der Waals surface area contributed by atoms with Gasteiger partial charge in [0.1, 0.15) is 0 Å². The van der Waals surface area contributed by atoms with Crippen molar-refractivity contribution in [3.05, 3.63) is 36.0 Å². The second-order valence-electron chi connectivity index (χ2n) is 6.74. The SMILES string of the molecule is CCCn1cc(C(=O)N2C[C@@H](C(N)=O)CC[C@@H]2C)c2ccccc21. The van der Waals surface area contributed by atoms with Gasteiger partial charge >= 0.3 is 0 Å². The highest BCUT2D eigenvalue weighted by Crippen LogP contribution is 2.28. The van der Waals surface area contributed by atoms with Gasteiger partial charge in [-0.1, -0.05) is 25.1 Å². The fourth-order valence-electron chi connectivity index (χ4n) is 3.62. The maximum atomic E-state index is 13.2. The Kier molecular flexibility index (Phi) is 4.60. The first-order valence-electron chi connectivity index (χ1n) is 8.71. The first kappa shape index (κ1) is 16.6. The Morgan fingerprint density at radius 2 is 2.00 bits per heavy atom. The number of para-hydroxylation sites is 1. The summed E-state index contributed by atoms with van der Waals surface area (Å²) in [5.74, 6) is -0.554. The van der Waals surface area contributed by atoms with Crippen molar-refractivity contribution in [2.45, 2.75) is 45.7 Å². The minimum absolute atomic E-state index is 0.000460. The number of likely N-dealkylation sites (tertiary alicyclic amines) is 1. The summed E-state index contributed by atoms with van der Waals surface area (Å²) in [6.07, 6.45) is 4.54. The molecule has 2 N–H and O–H groups in total.